The molecule has 5 nitrogen and oxygen atoms in total. The van der Waals surface area contributed by atoms with E-state index in [0.717, 1.165) is 44.5 Å². The van der Waals surface area contributed by atoms with Gasteiger partial charge in [0.1, 0.15) is 9.86 Å². The summed E-state index contributed by atoms with van der Waals surface area (Å²) >= 11 is 4.56. The molecule has 27 heavy (non-hydrogen) atoms. The van der Waals surface area contributed by atoms with Crippen molar-refractivity contribution in [2.24, 2.45) is 11.7 Å². The number of fused-ring (bicyclic) bond motifs is 5. The van der Waals surface area contributed by atoms with Crippen molar-refractivity contribution in [3.8, 4) is 0 Å². The number of nitrogens with zero attached hydrogens (tertiary/aromatic N) is 3. The van der Waals surface area contributed by atoms with Gasteiger partial charge < -0.3 is 5.73 Å². The number of nitrogens with two attached hydrogens (primary N) is 1. The Labute approximate surface area is 170 Å². The van der Waals surface area contributed by atoms with Crippen molar-refractivity contribution in [3.05, 3.63) is 16.8 Å². The number of aryl methyl sites for hydroxylation is 1. The number of amides is 1. The summed E-state index contributed by atoms with van der Waals surface area (Å²) in [5.41, 5.74) is 10.5. The number of primary amides is 1. The number of carbonyl (C=O) groups excluding carboxylic acids is 1. The number of thiophene rings is 1. The maximum absolute atomic E-state index is 11.3. The van der Waals surface area contributed by atoms with E-state index < -0.39 is 0 Å². The third kappa shape index (κ3) is 3.54. The van der Waals surface area contributed by atoms with E-state index in [9.17, 15) is 4.79 Å². The summed E-state index contributed by atoms with van der Waals surface area (Å²) in [4.78, 5) is 26.9. The molecular weight excluding hydrogens is 396 g/mol. The van der Waals surface area contributed by atoms with E-state index in [1.54, 1.807) is 11.3 Å². The zero-order valence-electron chi connectivity index (χ0n) is 15.7. The number of pyridine rings is 1. The molecule has 1 amide bonds. The fourth-order valence-electron chi connectivity index (χ4n) is 3.68. The van der Waals surface area contributed by atoms with Crippen LogP contribution in [0.4, 0.5) is 0 Å². The van der Waals surface area contributed by atoms with Crippen LogP contribution in [0.3, 0.4) is 0 Å². The Bertz CT molecular complexity index is 1040. The number of rotatable bonds is 6. The van der Waals surface area contributed by atoms with E-state index in [2.05, 4.69) is 18.8 Å². The fraction of sp³-hybridized carbons (Fsp3) is 0.474. The van der Waals surface area contributed by atoms with Crippen LogP contribution < -0.4 is 5.73 Å². The van der Waals surface area contributed by atoms with Gasteiger partial charge in [-0.1, -0.05) is 37.4 Å². The molecule has 0 unspecified atom stereocenters. The Kier molecular flexibility index (Phi) is 5.31. The third-order valence-corrected chi connectivity index (χ3v) is 7.46. The summed E-state index contributed by atoms with van der Waals surface area (Å²) in [7, 11) is 0. The molecule has 1 aliphatic carbocycles. The first-order valence-corrected chi connectivity index (χ1v) is 12.1. The Hall–Kier alpha value is -1.38. The highest BCUT2D eigenvalue weighted by Gasteiger charge is 2.25. The van der Waals surface area contributed by atoms with Crippen LogP contribution in [-0.2, 0) is 24.1 Å². The molecule has 0 spiro atoms. The summed E-state index contributed by atoms with van der Waals surface area (Å²) in [6.07, 6.45) is 6.37. The fourth-order valence-corrected chi connectivity index (χ4v) is 6.11. The van der Waals surface area contributed by atoms with Crippen LogP contribution in [0, 0.1) is 5.92 Å². The SMILES string of the molecule is CSc1nc(SCC(N)=O)c2sc3nc(CC(C)C)c4c(c3c2n1)CCC4. The molecule has 3 heterocycles. The monoisotopic (exact) mass is 418 g/mol. The zero-order valence-corrected chi connectivity index (χ0v) is 18.1. The molecule has 1 aliphatic rings. The molecule has 3 aromatic heterocycles. The molecular formula is C19H22N4OS3. The van der Waals surface area contributed by atoms with Gasteiger partial charge in [0.15, 0.2) is 5.16 Å². The molecule has 142 valence electrons. The lowest BCUT2D eigenvalue weighted by atomic mass is 9.99. The van der Waals surface area contributed by atoms with Gasteiger partial charge in [-0.15, -0.1) is 11.3 Å². The number of thioether (sulfide) groups is 2. The molecule has 2 N–H and O–H groups in total. The van der Waals surface area contributed by atoms with Crippen LogP contribution >= 0.6 is 34.9 Å². The molecule has 8 heteroatoms. The van der Waals surface area contributed by atoms with Crippen LogP contribution in [0.25, 0.3) is 20.4 Å². The van der Waals surface area contributed by atoms with Gasteiger partial charge in [-0.25, -0.2) is 15.0 Å². The van der Waals surface area contributed by atoms with Crippen molar-refractivity contribution in [3.63, 3.8) is 0 Å². The first-order chi connectivity index (χ1) is 13.0. The summed E-state index contributed by atoms with van der Waals surface area (Å²) < 4.78 is 1.03. The van der Waals surface area contributed by atoms with Crippen LogP contribution in [-0.4, -0.2) is 32.9 Å². The number of hydrogen-bond donors (Lipinski definition) is 1. The molecule has 0 bridgehead atoms. The summed E-state index contributed by atoms with van der Waals surface area (Å²) in [6, 6.07) is 0. The topological polar surface area (TPSA) is 81.8 Å². The van der Waals surface area contributed by atoms with E-state index in [-0.39, 0.29) is 11.7 Å². The van der Waals surface area contributed by atoms with Crippen LogP contribution in [0.2, 0.25) is 0 Å². The van der Waals surface area contributed by atoms with Crippen molar-refractivity contribution in [1.82, 2.24) is 15.0 Å². The lowest BCUT2D eigenvalue weighted by Gasteiger charge is -2.11. The van der Waals surface area contributed by atoms with Gasteiger partial charge in [0.05, 0.1) is 16.0 Å². The van der Waals surface area contributed by atoms with Crippen molar-refractivity contribution < 1.29 is 4.79 Å². The molecule has 0 aromatic carbocycles. The first kappa shape index (κ1) is 19.0. The second-order valence-corrected chi connectivity index (χ2v) is 9.93. The number of aromatic nitrogens is 3. The second kappa shape index (κ2) is 7.56. The van der Waals surface area contributed by atoms with Gasteiger partial charge >= 0.3 is 0 Å². The largest absolute Gasteiger partial charge is 0.369 e. The highest BCUT2D eigenvalue weighted by atomic mass is 32.2. The Morgan fingerprint density at radius 2 is 2.00 bits per heavy atom. The minimum absolute atomic E-state index is 0.221. The molecule has 0 fully saturated rings. The van der Waals surface area contributed by atoms with E-state index in [1.807, 2.05) is 6.26 Å². The number of hydrogen-bond acceptors (Lipinski definition) is 7. The molecule has 0 saturated heterocycles. The van der Waals surface area contributed by atoms with E-state index >= 15 is 0 Å². The van der Waals surface area contributed by atoms with Gasteiger partial charge in [0, 0.05) is 11.1 Å². The first-order valence-electron chi connectivity index (χ1n) is 9.08. The van der Waals surface area contributed by atoms with E-state index in [4.69, 9.17) is 15.7 Å². The maximum Gasteiger partial charge on any atom is 0.227 e. The highest BCUT2D eigenvalue weighted by Crippen LogP contribution is 2.43. The highest BCUT2D eigenvalue weighted by molar-refractivity contribution is 8.00. The zero-order chi connectivity index (χ0) is 19.1. The summed E-state index contributed by atoms with van der Waals surface area (Å²) in [6.45, 7) is 4.49. The third-order valence-electron chi connectivity index (χ3n) is 4.70. The van der Waals surface area contributed by atoms with Crippen LogP contribution in [0.15, 0.2) is 10.2 Å². The lowest BCUT2D eigenvalue weighted by Crippen LogP contribution is -2.13. The van der Waals surface area contributed by atoms with E-state index in [1.165, 1.54) is 52.2 Å². The smallest absolute Gasteiger partial charge is 0.227 e. The molecule has 3 aromatic rings. The number of carbonyl (C=O) groups is 1. The normalized spacial score (nSPS) is 13.8. The average molecular weight is 419 g/mol. The predicted molar refractivity (Wildman–Crippen MR) is 115 cm³/mol. The predicted octanol–water partition coefficient (Wildman–Crippen LogP) is 4.23. The van der Waals surface area contributed by atoms with Crippen LogP contribution in [0.1, 0.15) is 37.1 Å². The molecule has 0 atom stereocenters. The molecule has 4 rings (SSSR count). The quantitative estimate of drug-likeness (QED) is 0.366. The van der Waals surface area contributed by atoms with Gasteiger partial charge in [0.25, 0.3) is 0 Å². The average Bonchev–Trinajstić information content (AvgIpc) is 3.22. The molecule has 0 saturated carbocycles. The minimum Gasteiger partial charge on any atom is -0.369 e. The summed E-state index contributed by atoms with van der Waals surface area (Å²) in [5, 5.41) is 2.77. The summed E-state index contributed by atoms with van der Waals surface area (Å²) in [5.74, 6) is 0.466. The van der Waals surface area contributed by atoms with Gasteiger partial charge in [-0.3, -0.25) is 4.79 Å². The standard InChI is InChI=1S/C19H22N4OS3/c1-9(2)7-12-10-5-4-6-11(10)14-15-16(27-17(14)21-12)18(26-8-13(20)24)23-19(22-15)25-3/h9H,4-8H2,1-3H3,(H2,20,24). The van der Waals surface area contributed by atoms with E-state index in [0.29, 0.717) is 5.92 Å². The van der Waals surface area contributed by atoms with Crippen molar-refractivity contribution in [1.29, 1.82) is 0 Å². The van der Waals surface area contributed by atoms with Gasteiger partial charge in [0.2, 0.25) is 5.91 Å². The van der Waals surface area contributed by atoms with Crippen LogP contribution in [0.5, 0.6) is 0 Å². The van der Waals surface area contributed by atoms with Gasteiger partial charge in [-0.05, 0) is 49.0 Å². The minimum atomic E-state index is -0.336. The molecule has 0 radical (unpaired) electrons. The van der Waals surface area contributed by atoms with Gasteiger partial charge in [-0.2, -0.15) is 0 Å². The Balaban J connectivity index is 1.98. The van der Waals surface area contributed by atoms with Crippen molar-refractivity contribution >= 4 is 61.2 Å². The Morgan fingerprint density at radius 3 is 2.70 bits per heavy atom. The Morgan fingerprint density at radius 1 is 1.22 bits per heavy atom. The molecule has 0 aliphatic heterocycles. The van der Waals surface area contributed by atoms with Crippen molar-refractivity contribution in [2.75, 3.05) is 12.0 Å². The maximum atomic E-state index is 11.3. The van der Waals surface area contributed by atoms with Crippen molar-refractivity contribution in [2.45, 2.75) is 49.7 Å². The lowest BCUT2D eigenvalue weighted by molar-refractivity contribution is -0.115. The second-order valence-electron chi connectivity index (χ2n) is 7.20.